The lowest BCUT2D eigenvalue weighted by molar-refractivity contribution is -0.137. The first kappa shape index (κ1) is 13.4. The molecular formula is C18H17NO2. The molecule has 3 heteroatoms. The Morgan fingerprint density at radius 1 is 1.00 bits per heavy atom. The van der Waals surface area contributed by atoms with Crippen LogP contribution >= 0.6 is 0 Å². The van der Waals surface area contributed by atoms with Gasteiger partial charge in [-0.2, -0.15) is 0 Å². The fraction of sp³-hybridized carbons (Fsp3) is 0.167. The zero-order valence-corrected chi connectivity index (χ0v) is 11.7. The SMILES string of the molecule is O=C(O)CCCn1c(-c2ccccc2)cc2ccccc21. The van der Waals surface area contributed by atoms with Gasteiger partial charge in [0.25, 0.3) is 0 Å². The highest BCUT2D eigenvalue weighted by Gasteiger charge is 2.10. The molecule has 0 unspecified atom stereocenters. The molecule has 1 heterocycles. The van der Waals surface area contributed by atoms with Crippen molar-refractivity contribution in [2.24, 2.45) is 0 Å². The highest BCUT2D eigenvalue weighted by Crippen LogP contribution is 2.28. The molecular weight excluding hydrogens is 262 g/mol. The number of aliphatic carboxylic acids is 1. The highest BCUT2D eigenvalue weighted by atomic mass is 16.4. The number of para-hydroxylation sites is 1. The molecule has 0 radical (unpaired) electrons. The Balaban J connectivity index is 2.04. The molecule has 0 fully saturated rings. The maximum atomic E-state index is 10.7. The quantitative estimate of drug-likeness (QED) is 0.761. The summed E-state index contributed by atoms with van der Waals surface area (Å²) >= 11 is 0. The van der Waals surface area contributed by atoms with Gasteiger partial charge in [-0.3, -0.25) is 4.79 Å². The third-order valence-corrected chi connectivity index (χ3v) is 3.65. The minimum atomic E-state index is -0.743. The second kappa shape index (κ2) is 5.83. The molecule has 1 aromatic heterocycles. The first-order valence-electron chi connectivity index (χ1n) is 7.11. The Morgan fingerprint density at radius 3 is 2.48 bits per heavy atom. The van der Waals surface area contributed by atoms with Crippen LogP contribution in [0.3, 0.4) is 0 Å². The molecule has 3 aromatic rings. The average Bonchev–Trinajstić information content (AvgIpc) is 2.87. The van der Waals surface area contributed by atoms with E-state index >= 15 is 0 Å². The summed E-state index contributed by atoms with van der Waals surface area (Å²) in [5.74, 6) is -0.743. The number of carbonyl (C=O) groups is 1. The number of aromatic nitrogens is 1. The third kappa shape index (κ3) is 2.82. The van der Waals surface area contributed by atoms with Crippen LogP contribution in [-0.2, 0) is 11.3 Å². The van der Waals surface area contributed by atoms with Gasteiger partial charge in [0.15, 0.2) is 0 Å². The number of fused-ring (bicyclic) bond motifs is 1. The summed E-state index contributed by atoms with van der Waals surface area (Å²) < 4.78 is 2.22. The Kier molecular flexibility index (Phi) is 3.73. The second-order valence-electron chi connectivity index (χ2n) is 5.10. The first-order valence-corrected chi connectivity index (χ1v) is 7.11. The Morgan fingerprint density at radius 2 is 1.71 bits per heavy atom. The van der Waals surface area contributed by atoms with Crippen molar-refractivity contribution in [1.82, 2.24) is 4.57 Å². The molecule has 106 valence electrons. The monoisotopic (exact) mass is 279 g/mol. The average molecular weight is 279 g/mol. The molecule has 1 N–H and O–H groups in total. The molecule has 0 amide bonds. The second-order valence-corrected chi connectivity index (χ2v) is 5.10. The number of hydrogen-bond donors (Lipinski definition) is 1. The summed E-state index contributed by atoms with van der Waals surface area (Å²) in [6.07, 6.45) is 0.828. The normalized spacial score (nSPS) is 10.9. The van der Waals surface area contributed by atoms with Gasteiger partial charge in [-0.25, -0.2) is 0 Å². The van der Waals surface area contributed by atoms with E-state index in [0.717, 1.165) is 16.8 Å². The smallest absolute Gasteiger partial charge is 0.303 e. The number of rotatable bonds is 5. The predicted octanol–water partition coefficient (Wildman–Crippen LogP) is 4.17. The van der Waals surface area contributed by atoms with E-state index in [4.69, 9.17) is 5.11 Å². The van der Waals surface area contributed by atoms with E-state index in [9.17, 15) is 4.79 Å². The van der Waals surface area contributed by atoms with Crippen LogP contribution in [0.5, 0.6) is 0 Å². The molecule has 0 atom stereocenters. The summed E-state index contributed by atoms with van der Waals surface area (Å²) in [6, 6.07) is 20.6. The van der Waals surface area contributed by atoms with E-state index in [-0.39, 0.29) is 6.42 Å². The summed E-state index contributed by atoms with van der Waals surface area (Å²) in [6.45, 7) is 0.712. The van der Waals surface area contributed by atoms with Crippen molar-refractivity contribution in [3.63, 3.8) is 0 Å². The number of benzene rings is 2. The van der Waals surface area contributed by atoms with E-state index in [1.54, 1.807) is 0 Å². The van der Waals surface area contributed by atoms with Gasteiger partial charge in [0.05, 0.1) is 0 Å². The first-order chi connectivity index (χ1) is 10.3. The topological polar surface area (TPSA) is 42.2 Å². The standard InChI is InChI=1S/C18H17NO2/c20-18(21)11-6-12-19-16-10-5-4-9-15(16)13-17(19)14-7-2-1-3-8-14/h1-5,7-10,13H,6,11-12H2,(H,20,21). The van der Waals surface area contributed by atoms with Gasteiger partial charge in [-0.15, -0.1) is 0 Å². The molecule has 2 aromatic carbocycles. The van der Waals surface area contributed by atoms with Crippen molar-refractivity contribution in [2.75, 3.05) is 0 Å². The number of carboxylic acids is 1. The van der Waals surface area contributed by atoms with Crippen LogP contribution in [0, 0.1) is 0 Å². The van der Waals surface area contributed by atoms with Crippen molar-refractivity contribution in [2.45, 2.75) is 19.4 Å². The molecule has 0 bridgehead atoms. The molecule has 0 aliphatic carbocycles. The third-order valence-electron chi connectivity index (χ3n) is 3.65. The zero-order chi connectivity index (χ0) is 14.7. The predicted molar refractivity (Wildman–Crippen MR) is 84.2 cm³/mol. The van der Waals surface area contributed by atoms with Crippen molar-refractivity contribution in [1.29, 1.82) is 0 Å². The Labute approximate surface area is 123 Å². The van der Waals surface area contributed by atoms with Crippen LogP contribution in [0.4, 0.5) is 0 Å². The molecule has 3 rings (SSSR count). The van der Waals surface area contributed by atoms with Gasteiger partial charge < -0.3 is 9.67 Å². The van der Waals surface area contributed by atoms with Crippen LogP contribution in [-0.4, -0.2) is 15.6 Å². The van der Waals surface area contributed by atoms with Gasteiger partial charge in [0.1, 0.15) is 0 Å². The lowest BCUT2D eigenvalue weighted by atomic mass is 10.1. The van der Waals surface area contributed by atoms with Crippen LogP contribution in [0.15, 0.2) is 60.7 Å². The van der Waals surface area contributed by atoms with Gasteiger partial charge in [-0.05, 0) is 24.1 Å². The van der Waals surface area contributed by atoms with Crippen LogP contribution in [0.25, 0.3) is 22.2 Å². The van der Waals surface area contributed by atoms with Crippen LogP contribution in [0.1, 0.15) is 12.8 Å². The van der Waals surface area contributed by atoms with E-state index < -0.39 is 5.97 Å². The summed E-state index contributed by atoms with van der Waals surface area (Å²) in [7, 11) is 0. The van der Waals surface area contributed by atoms with E-state index in [1.807, 2.05) is 30.3 Å². The molecule has 0 aliphatic rings. The van der Waals surface area contributed by atoms with Crippen molar-refractivity contribution in [3.05, 3.63) is 60.7 Å². The molecule has 0 spiro atoms. The maximum Gasteiger partial charge on any atom is 0.303 e. The van der Waals surface area contributed by atoms with Crippen LogP contribution < -0.4 is 0 Å². The van der Waals surface area contributed by atoms with Crippen molar-refractivity contribution >= 4 is 16.9 Å². The fourth-order valence-corrected chi connectivity index (χ4v) is 2.69. The minimum Gasteiger partial charge on any atom is -0.481 e. The lowest BCUT2D eigenvalue weighted by Crippen LogP contribution is -2.03. The Bertz CT molecular complexity index is 759. The van der Waals surface area contributed by atoms with Crippen LogP contribution in [0.2, 0.25) is 0 Å². The van der Waals surface area contributed by atoms with E-state index in [1.165, 1.54) is 5.39 Å². The van der Waals surface area contributed by atoms with E-state index in [2.05, 4.69) is 34.9 Å². The highest BCUT2D eigenvalue weighted by molar-refractivity contribution is 5.87. The summed E-state index contributed by atoms with van der Waals surface area (Å²) in [4.78, 5) is 10.7. The molecule has 0 aliphatic heterocycles. The number of hydrogen-bond acceptors (Lipinski definition) is 1. The number of carboxylic acid groups (broad SMARTS) is 1. The summed E-state index contributed by atoms with van der Waals surface area (Å²) in [5.41, 5.74) is 3.45. The van der Waals surface area contributed by atoms with Gasteiger partial charge >= 0.3 is 5.97 Å². The molecule has 0 saturated heterocycles. The fourth-order valence-electron chi connectivity index (χ4n) is 2.69. The lowest BCUT2D eigenvalue weighted by Gasteiger charge is -2.10. The van der Waals surface area contributed by atoms with Crippen molar-refractivity contribution < 1.29 is 9.90 Å². The minimum absolute atomic E-state index is 0.195. The van der Waals surface area contributed by atoms with Gasteiger partial charge in [0.2, 0.25) is 0 Å². The molecule has 21 heavy (non-hydrogen) atoms. The zero-order valence-electron chi connectivity index (χ0n) is 11.7. The molecule has 0 saturated carbocycles. The summed E-state index contributed by atoms with van der Waals surface area (Å²) in [5, 5.41) is 10.0. The Hall–Kier alpha value is -2.55. The number of nitrogens with zero attached hydrogens (tertiary/aromatic N) is 1. The van der Waals surface area contributed by atoms with Gasteiger partial charge in [0, 0.05) is 29.6 Å². The van der Waals surface area contributed by atoms with Crippen molar-refractivity contribution in [3.8, 4) is 11.3 Å². The van der Waals surface area contributed by atoms with E-state index in [0.29, 0.717) is 13.0 Å². The van der Waals surface area contributed by atoms with Gasteiger partial charge in [-0.1, -0.05) is 48.5 Å². The molecule has 3 nitrogen and oxygen atoms in total. The number of aryl methyl sites for hydroxylation is 1. The maximum absolute atomic E-state index is 10.7. The largest absolute Gasteiger partial charge is 0.481 e.